The van der Waals surface area contributed by atoms with Gasteiger partial charge in [-0.1, -0.05) is 35.9 Å². The number of aryl methyl sites for hydroxylation is 1. The second-order valence-corrected chi connectivity index (χ2v) is 7.64. The quantitative estimate of drug-likeness (QED) is 0.638. The van der Waals surface area contributed by atoms with Crippen LogP contribution in [-0.2, 0) is 10.0 Å². The highest BCUT2D eigenvalue weighted by atomic mass is 32.2. The van der Waals surface area contributed by atoms with Gasteiger partial charge < -0.3 is 4.74 Å². The van der Waals surface area contributed by atoms with Crippen LogP contribution in [0.5, 0.6) is 5.75 Å². The summed E-state index contributed by atoms with van der Waals surface area (Å²) in [4.78, 5) is 4.63. The van der Waals surface area contributed by atoms with E-state index >= 15 is 0 Å². The molecule has 0 aliphatic heterocycles. The first kappa shape index (κ1) is 18.7. The second-order valence-electron chi connectivity index (χ2n) is 5.96. The van der Waals surface area contributed by atoms with E-state index in [1.54, 1.807) is 55.8 Å². The second kappa shape index (κ2) is 8.05. The number of rotatable bonds is 6. The van der Waals surface area contributed by atoms with Crippen LogP contribution in [0.25, 0.3) is 0 Å². The SMILES string of the molecule is COc1ccc(N=Cc2ccccc2NS(=O)(=O)c2ccc(C)cc2)cc1. The molecule has 0 saturated heterocycles. The number of aliphatic imine (C=N–C) groups is 1. The first-order valence-corrected chi connectivity index (χ1v) is 9.83. The lowest BCUT2D eigenvalue weighted by Crippen LogP contribution is -2.14. The van der Waals surface area contributed by atoms with Crippen LogP contribution in [0.1, 0.15) is 11.1 Å². The summed E-state index contributed by atoms with van der Waals surface area (Å²) >= 11 is 0. The van der Waals surface area contributed by atoms with Crippen LogP contribution in [0.4, 0.5) is 11.4 Å². The van der Waals surface area contributed by atoms with Gasteiger partial charge in [-0.05, 0) is 49.4 Å². The Morgan fingerprint density at radius 3 is 2.26 bits per heavy atom. The van der Waals surface area contributed by atoms with Gasteiger partial charge in [-0.15, -0.1) is 0 Å². The average Bonchev–Trinajstić information content (AvgIpc) is 2.68. The van der Waals surface area contributed by atoms with E-state index in [1.165, 1.54) is 0 Å². The molecule has 0 saturated carbocycles. The molecule has 0 heterocycles. The summed E-state index contributed by atoms with van der Waals surface area (Å²) in [6, 6.07) is 21.1. The minimum Gasteiger partial charge on any atom is -0.497 e. The summed E-state index contributed by atoms with van der Waals surface area (Å²) in [7, 11) is -2.07. The summed E-state index contributed by atoms with van der Waals surface area (Å²) in [5, 5.41) is 0. The third-order valence-electron chi connectivity index (χ3n) is 3.96. The van der Waals surface area contributed by atoms with Crippen molar-refractivity contribution in [1.82, 2.24) is 0 Å². The number of nitrogens with zero attached hydrogens (tertiary/aromatic N) is 1. The highest BCUT2D eigenvalue weighted by Gasteiger charge is 2.15. The largest absolute Gasteiger partial charge is 0.497 e. The highest BCUT2D eigenvalue weighted by molar-refractivity contribution is 7.92. The lowest BCUT2D eigenvalue weighted by molar-refractivity contribution is 0.415. The summed E-state index contributed by atoms with van der Waals surface area (Å²) in [6.45, 7) is 1.91. The fourth-order valence-electron chi connectivity index (χ4n) is 2.44. The average molecular weight is 380 g/mol. The van der Waals surface area contributed by atoms with Crippen LogP contribution in [0, 0.1) is 6.92 Å². The molecular formula is C21H20N2O3S. The predicted octanol–water partition coefficient (Wildman–Crippen LogP) is 4.56. The van der Waals surface area contributed by atoms with Crippen molar-refractivity contribution in [1.29, 1.82) is 0 Å². The molecule has 3 aromatic rings. The monoisotopic (exact) mass is 380 g/mol. The minimum atomic E-state index is -3.67. The Labute approximate surface area is 159 Å². The van der Waals surface area contributed by atoms with Gasteiger partial charge in [0, 0.05) is 11.8 Å². The van der Waals surface area contributed by atoms with Crippen LogP contribution < -0.4 is 9.46 Å². The van der Waals surface area contributed by atoms with Gasteiger partial charge in [0.2, 0.25) is 0 Å². The molecule has 6 heteroatoms. The molecule has 1 N–H and O–H groups in total. The molecule has 0 fully saturated rings. The van der Waals surface area contributed by atoms with Crippen LogP contribution in [0.2, 0.25) is 0 Å². The molecule has 0 aromatic heterocycles. The van der Waals surface area contributed by atoms with Gasteiger partial charge in [0.1, 0.15) is 5.75 Å². The fraction of sp³-hybridized carbons (Fsp3) is 0.0952. The van der Waals surface area contributed by atoms with Crippen molar-refractivity contribution in [2.45, 2.75) is 11.8 Å². The first-order chi connectivity index (χ1) is 13.0. The Hall–Kier alpha value is -3.12. The molecule has 3 rings (SSSR count). The van der Waals surface area contributed by atoms with E-state index in [9.17, 15) is 8.42 Å². The van der Waals surface area contributed by atoms with Crippen molar-refractivity contribution < 1.29 is 13.2 Å². The van der Waals surface area contributed by atoms with E-state index in [4.69, 9.17) is 4.74 Å². The lowest BCUT2D eigenvalue weighted by atomic mass is 10.2. The molecule has 5 nitrogen and oxygen atoms in total. The number of sulfonamides is 1. The van der Waals surface area contributed by atoms with E-state index in [-0.39, 0.29) is 4.90 Å². The molecule has 0 radical (unpaired) electrons. The maximum absolute atomic E-state index is 12.6. The van der Waals surface area contributed by atoms with Crippen LogP contribution >= 0.6 is 0 Å². The van der Waals surface area contributed by atoms with Gasteiger partial charge in [0.05, 0.1) is 23.4 Å². The van der Waals surface area contributed by atoms with Crippen molar-refractivity contribution in [2.24, 2.45) is 4.99 Å². The number of para-hydroxylation sites is 1. The van der Waals surface area contributed by atoms with E-state index < -0.39 is 10.0 Å². The number of ether oxygens (including phenoxy) is 1. The van der Waals surface area contributed by atoms with Gasteiger partial charge in [-0.25, -0.2) is 8.42 Å². The van der Waals surface area contributed by atoms with E-state index in [0.717, 1.165) is 17.0 Å². The number of nitrogens with one attached hydrogen (secondary N) is 1. The molecule has 0 aliphatic carbocycles. The van der Waals surface area contributed by atoms with Crippen molar-refractivity contribution in [3.63, 3.8) is 0 Å². The molecule has 0 spiro atoms. The summed E-state index contributed by atoms with van der Waals surface area (Å²) < 4.78 is 33.0. The molecule has 138 valence electrons. The number of hydrogen-bond donors (Lipinski definition) is 1. The zero-order valence-corrected chi connectivity index (χ0v) is 15.9. The molecule has 0 unspecified atom stereocenters. The molecule has 3 aromatic carbocycles. The Bertz CT molecular complexity index is 1040. The number of methoxy groups -OCH3 is 1. The molecule has 0 bridgehead atoms. The Balaban J connectivity index is 1.85. The molecule has 0 aliphatic rings. The van der Waals surface area contributed by atoms with Crippen LogP contribution in [0.3, 0.4) is 0 Å². The Morgan fingerprint density at radius 1 is 0.926 bits per heavy atom. The van der Waals surface area contributed by atoms with Gasteiger partial charge >= 0.3 is 0 Å². The maximum atomic E-state index is 12.6. The van der Waals surface area contributed by atoms with Crippen LogP contribution in [0.15, 0.2) is 82.7 Å². The van der Waals surface area contributed by atoms with Gasteiger partial charge in [-0.2, -0.15) is 0 Å². The zero-order valence-electron chi connectivity index (χ0n) is 15.1. The third-order valence-corrected chi connectivity index (χ3v) is 5.34. The van der Waals surface area contributed by atoms with Crippen LogP contribution in [-0.4, -0.2) is 21.7 Å². The van der Waals surface area contributed by atoms with Gasteiger partial charge in [-0.3, -0.25) is 9.71 Å². The molecular weight excluding hydrogens is 360 g/mol. The number of anilines is 1. The molecule has 0 atom stereocenters. The topological polar surface area (TPSA) is 67.8 Å². The molecule has 27 heavy (non-hydrogen) atoms. The minimum absolute atomic E-state index is 0.218. The summed E-state index contributed by atoms with van der Waals surface area (Å²) in [5.74, 6) is 0.750. The van der Waals surface area contributed by atoms with Crippen molar-refractivity contribution >= 4 is 27.6 Å². The smallest absolute Gasteiger partial charge is 0.261 e. The fourth-order valence-corrected chi connectivity index (χ4v) is 3.52. The lowest BCUT2D eigenvalue weighted by Gasteiger charge is -2.10. The molecule has 0 amide bonds. The predicted molar refractivity (Wildman–Crippen MR) is 109 cm³/mol. The summed E-state index contributed by atoms with van der Waals surface area (Å²) in [6.07, 6.45) is 1.63. The normalized spacial score (nSPS) is 11.5. The van der Waals surface area contributed by atoms with E-state index in [2.05, 4.69) is 9.71 Å². The van der Waals surface area contributed by atoms with Crippen molar-refractivity contribution in [3.05, 3.63) is 83.9 Å². The summed E-state index contributed by atoms with van der Waals surface area (Å²) in [5.41, 5.74) is 2.88. The Morgan fingerprint density at radius 2 is 1.59 bits per heavy atom. The number of benzene rings is 3. The number of hydrogen-bond acceptors (Lipinski definition) is 4. The third kappa shape index (κ3) is 4.74. The van der Waals surface area contributed by atoms with Crippen molar-refractivity contribution in [3.8, 4) is 5.75 Å². The van der Waals surface area contributed by atoms with Gasteiger partial charge in [0.25, 0.3) is 10.0 Å². The standard InChI is InChI=1S/C21H20N2O3S/c1-16-7-13-20(14-8-16)27(24,25)23-21-6-4-3-5-17(21)15-22-18-9-11-19(26-2)12-10-18/h3-15,23H,1-2H3. The zero-order chi connectivity index (χ0) is 19.3. The maximum Gasteiger partial charge on any atom is 0.261 e. The Kier molecular flexibility index (Phi) is 5.57. The van der Waals surface area contributed by atoms with Gasteiger partial charge in [0.15, 0.2) is 0 Å². The highest BCUT2D eigenvalue weighted by Crippen LogP contribution is 2.21. The van der Waals surface area contributed by atoms with Crippen molar-refractivity contribution in [2.75, 3.05) is 11.8 Å². The van der Waals surface area contributed by atoms with E-state index in [0.29, 0.717) is 11.3 Å². The first-order valence-electron chi connectivity index (χ1n) is 8.34. The van der Waals surface area contributed by atoms with E-state index in [1.807, 2.05) is 37.3 Å².